The summed E-state index contributed by atoms with van der Waals surface area (Å²) in [5.74, 6) is 2.90. The van der Waals surface area contributed by atoms with Crippen molar-refractivity contribution < 1.29 is 9.53 Å². The zero-order valence-corrected chi connectivity index (χ0v) is 11.4. The zero-order chi connectivity index (χ0) is 12.3. The molecule has 2 N–H and O–H groups in total. The number of hydrogen-bond acceptors (Lipinski definition) is 4. The van der Waals surface area contributed by atoms with Crippen LogP contribution in [0.3, 0.4) is 0 Å². The fourth-order valence-electron chi connectivity index (χ4n) is 2.88. The summed E-state index contributed by atoms with van der Waals surface area (Å²) in [4.78, 5) is 12.2. The largest absolute Gasteiger partial charge is 0.375 e. The van der Waals surface area contributed by atoms with Crippen molar-refractivity contribution in [3.63, 3.8) is 0 Å². The van der Waals surface area contributed by atoms with Gasteiger partial charge in [0.1, 0.15) is 5.78 Å². The Balaban J connectivity index is 1.98. The molecule has 0 amide bonds. The number of nitrogens with two attached hydrogens (primary N) is 1. The van der Waals surface area contributed by atoms with Gasteiger partial charge in [-0.15, -0.1) is 0 Å². The summed E-state index contributed by atoms with van der Waals surface area (Å²) in [6.07, 6.45) is 4.03. The summed E-state index contributed by atoms with van der Waals surface area (Å²) in [5.41, 5.74) is 5.61. The van der Waals surface area contributed by atoms with Gasteiger partial charge in [0.05, 0.1) is 5.60 Å². The Morgan fingerprint density at radius 2 is 2.24 bits per heavy atom. The Kier molecular flexibility index (Phi) is 4.50. The number of carbonyl (C=O) groups is 1. The molecule has 0 saturated carbocycles. The summed E-state index contributed by atoms with van der Waals surface area (Å²) < 4.78 is 6.00. The summed E-state index contributed by atoms with van der Waals surface area (Å²) in [6.45, 7) is 3.17. The Bertz CT molecular complexity index is 271. The van der Waals surface area contributed by atoms with Gasteiger partial charge < -0.3 is 10.5 Å². The molecule has 0 aromatic rings. The van der Waals surface area contributed by atoms with Gasteiger partial charge in [0.2, 0.25) is 0 Å². The Morgan fingerprint density at radius 3 is 2.88 bits per heavy atom. The highest BCUT2D eigenvalue weighted by Gasteiger charge is 2.41. The average Bonchev–Trinajstić information content (AvgIpc) is 2.38. The predicted molar refractivity (Wildman–Crippen MR) is 71.2 cm³/mol. The summed E-state index contributed by atoms with van der Waals surface area (Å²) in [6, 6.07) is 0. The second-order valence-corrected chi connectivity index (χ2v) is 6.60. The zero-order valence-electron chi connectivity index (χ0n) is 10.6. The topological polar surface area (TPSA) is 52.3 Å². The van der Waals surface area contributed by atoms with E-state index in [2.05, 4.69) is 0 Å². The van der Waals surface area contributed by atoms with Crippen LogP contribution in [0.2, 0.25) is 0 Å². The van der Waals surface area contributed by atoms with Crippen LogP contribution in [0.15, 0.2) is 0 Å². The van der Waals surface area contributed by atoms with Crippen LogP contribution in [0, 0.1) is 11.8 Å². The van der Waals surface area contributed by atoms with Crippen LogP contribution in [0.4, 0.5) is 0 Å². The number of rotatable bonds is 3. The van der Waals surface area contributed by atoms with E-state index in [4.69, 9.17) is 10.5 Å². The molecule has 17 heavy (non-hydrogen) atoms. The highest BCUT2D eigenvalue weighted by atomic mass is 32.2. The summed E-state index contributed by atoms with van der Waals surface area (Å²) in [5, 5.41) is 0. The standard InChI is InChI=1S/C13H23NO2S/c1-10(9-14)12(15)11-2-5-16-13(8-11)3-6-17-7-4-13/h10-11H,2-9,14H2,1H3. The first-order valence-corrected chi connectivity index (χ1v) is 7.78. The first-order chi connectivity index (χ1) is 8.17. The first kappa shape index (κ1) is 13.4. The highest BCUT2D eigenvalue weighted by Crippen LogP contribution is 2.40. The molecule has 0 aromatic heterocycles. The fraction of sp³-hybridized carbons (Fsp3) is 0.923. The Hall–Kier alpha value is -0.0600. The Labute approximate surface area is 108 Å². The van der Waals surface area contributed by atoms with Crippen LogP contribution in [0.25, 0.3) is 0 Å². The number of thioether (sulfide) groups is 1. The van der Waals surface area contributed by atoms with Crippen molar-refractivity contribution >= 4 is 17.5 Å². The van der Waals surface area contributed by atoms with Gasteiger partial charge in [-0.3, -0.25) is 4.79 Å². The predicted octanol–water partition coefficient (Wildman–Crippen LogP) is 1.84. The highest BCUT2D eigenvalue weighted by molar-refractivity contribution is 7.99. The van der Waals surface area contributed by atoms with E-state index in [1.54, 1.807) is 0 Å². The number of ketones is 1. The molecule has 0 radical (unpaired) electrons. The maximum absolute atomic E-state index is 12.2. The molecule has 3 nitrogen and oxygen atoms in total. The fourth-order valence-corrected chi connectivity index (χ4v) is 4.12. The molecule has 1 spiro atoms. The Morgan fingerprint density at radius 1 is 1.53 bits per heavy atom. The van der Waals surface area contributed by atoms with Crippen molar-refractivity contribution in [3.05, 3.63) is 0 Å². The van der Waals surface area contributed by atoms with Gasteiger partial charge in [-0.2, -0.15) is 11.8 Å². The van der Waals surface area contributed by atoms with Crippen LogP contribution in [0.1, 0.15) is 32.6 Å². The van der Waals surface area contributed by atoms with Crippen molar-refractivity contribution in [2.45, 2.75) is 38.2 Å². The number of ether oxygens (including phenoxy) is 1. The van der Waals surface area contributed by atoms with Crippen molar-refractivity contribution in [2.24, 2.45) is 17.6 Å². The molecule has 0 bridgehead atoms. The van der Waals surface area contributed by atoms with Gasteiger partial charge in [0.25, 0.3) is 0 Å². The molecular formula is C13H23NO2S. The second kappa shape index (κ2) is 5.72. The minimum absolute atomic E-state index is 0.00751. The van der Waals surface area contributed by atoms with E-state index < -0.39 is 0 Å². The minimum Gasteiger partial charge on any atom is -0.375 e. The average molecular weight is 257 g/mol. The third-order valence-electron chi connectivity index (χ3n) is 4.14. The molecule has 0 aliphatic carbocycles. The lowest BCUT2D eigenvalue weighted by molar-refractivity contribution is -0.141. The van der Waals surface area contributed by atoms with E-state index in [0.717, 1.165) is 32.3 Å². The molecule has 2 fully saturated rings. The van der Waals surface area contributed by atoms with Crippen LogP contribution >= 0.6 is 11.8 Å². The third-order valence-corrected chi connectivity index (χ3v) is 5.12. The van der Waals surface area contributed by atoms with E-state index in [9.17, 15) is 4.79 Å². The molecule has 98 valence electrons. The van der Waals surface area contributed by atoms with Gasteiger partial charge in [0.15, 0.2) is 0 Å². The van der Waals surface area contributed by atoms with Gasteiger partial charge in [-0.25, -0.2) is 0 Å². The molecular weight excluding hydrogens is 234 g/mol. The van der Waals surface area contributed by atoms with E-state index in [-0.39, 0.29) is 17.4 Å². The number of Topliss-reactive ketones (excluding diaryl/α,β-unsaturated/α-hetero) is 1. The maximum atomic E-state index is 12.2. The molecule has 0 aromatic carbocycles. The normalized spacial score (nSPS) is 30.1. The van der Waals surface area contributed by atoms with Crippen LogP contribution in [0.5, 0.6) is 0 Å². The van der Waals surface area contributed by atoms with Crippen LogP contribution < -0.4 is 5.73 Å². The second-order valence-electron chi connectivity index (χ2n) is 5.37. The molecule has 2 saturated heterocycles. The van der Waals surface area contributed by atoms with Crippen LogP contribution in [-0.2, 0) is 9.53 Å². The first-order valence-electron chi connectivity index (χ1n) is 6.62. The van der Waals surface area contributed by atoms with Gasteiger partial charge >= 0.3 is 0 Å². The van der Waals surface area contributed by atoms with Gasteiger partial charge in [0, 0.05) is 25.0 Å². The van der Waals surface area contributed by atoms with Crippen molar-refractivity contribution in [2.75, 3.05) is 24.7 Å². The van der Waals surface area contributed by atoms with Crippen molar-refractivity contribution in [3.8, 4) is 0 Å². The quantitative estimate of drug-likeness (QED) is 0.838. The van der Waals surface area contributed by atoms with E-state index in [0.29, 0.717) is 12.3 Å². The smallest absolute Gasteiger partial charge is 0.140 e. The van der Waals surface area contributed by atoms with Crippen molar-refractivity contribution in [1.82, 2.24) is 0 Å². The lowest BCUT2D eigenvalue weighted by Crippen LogP contribution is -2.45. The molecule has 4 heteroatoms. The molecule has 2 aliphatic heterocycles. The van der Waals surface area contributed by atoms with E-state index >= 15 is 0 Å². The summed E-state index contributed by atoms with van der Waals surface area (Å²) >= 11 is 2.00. The lowest BCUT2D eigenvalue weighted by atomic mass is 9.78. The third kappa shape index (κ3) is 3.04. The molecule has 2 rings (SSSR count). The minimum atomic E-state index is 0.00751. The maximum Gasteiger partial charge on any atom is 0.140 e. The molecule has 2 heterocycles. The monoisotopic (exact) mass is 257 g/mol. The lowest BCUT2D eigenvalue weighted by Gasteiger charge is -2.43. The number of hydrogen-bond donors (Lipinski definition) is 1. The SMILES string of the molecule is CC(CN)C(=O)C1CCOC2(CCSCC2)C1. The molecule has 2 atom stereocenters. The van der Waals surface area contributed by atoms with Gasteiger partial charge in [-0.05, 0) is 37.2 Å². The van der Waals surface area contributed by atoms with E-state index in [1.807, 2.05) is 18.7 Å². The van der Waals surface area contributed by atoms with Crippen molar-refractivity contribution in [1.29, 1.82) is 0 Å². The van der Waals surface area contributed by atoms with Crippen LogP contribution in [-0.4, -0.2) is 36.0 Å². The number of carbonyl (C=O) groups excluding carboxylic acids is 1. The van der Waals surface area contributed by atoms with Gasteiger partial charge in [-0.1, -0.05) is 6.92 Å². The molecule has 2 aliphatic rings. The molecule has 2 unspecified atom stereocenters. The summed E-state index contributed by atoms with van der Waals surface area (Å²) in [7, 11) is 0. The van der Waals surface area contributed by atoms with E-state index in [1.165, 1.54) is 11.5 Å².